The fourth-order valence-corrected chi connectivity index (χ4v) is 1.25. The van der Waals surface area contributed by atoms with Gasteiger partial charge in [0.2, 0.25) is 0 Å². The second kappa shape index (κ2) is 3.03. The number of aryl methyl sites for hydroxylation is 1. The van der Waals surface area contributed by atoms with E-state index < -0.39 is 5.24 Å². The van der Waals surface area contributed by atoms with Crippen molar-refractivity contribution in [1.82, 2.24) is 0 Å². The summed E-state index contributed by atoms with van der Waals surface area (Å²) in [5, 5.41) is 17.4. The van der Waals surface area contributed by atoms with Crippen LogP contribution in [0.2, 0.25) is 0 Å². The number of hydrogen-bond donors (Lipinski definition) is 2. The molecule has 2 N–H and O–H groups in total. The number of aromatic hydroxyl groups is 2. The highest BCUT2D eigenvalue weighted by molar-refractivity contribution is 6.68. The molecule has 0 heterocycles. The monoisotopic (exact) mass is 186 g/mol. The van der Waals surface area contributed by atoms with E-state index in [-0.39, 0.29) is 17.1 Å². The molecular formula is C8H7ClO3. The molecule has 0 saturated carbocycles. The van der Waals surface area contributed by atoms with Gasteiger partial charge in [0, 0.05) is 6.07 Å². The van der Waals surface area contributed by atoms with E-state index in [1.165, 1.54) is 6.07 Å². The number of rotatable bonds is 1. The summed E-state index contributed by atoms with van der Waals surface area (Å²) in [5.74, 6) is -0.390. The van der Waals surface area contributed by atoms with Gasteiger partial charge in [-0.2, -0.15) is 0 Å². The predicted molar refractivity (Wildman–Crippen MR) is 44.7 cm³/mol. The van der Waals surface area contributed by atoms with E-state index in [1.807, 2.05) is 0 Å². The summed E-state index contributed by atoms with van der Waals surface area (Å²) >= 11 is 5.19. The van der Waals surface area contributed by atoms with Gasteiger partial charge in [-0.25, -0.2) is 0 Å². The molecule has 0 aliphatic heterocycles. The highest BCUT2D eigenvalue weighted by atomic mass is 35.5. The number of phenols is 2. The van der Waals surface area contributed by atoms with Gasteiger partial charge in [0.25, 0.3) is 5.24 Å². The number of phenolic OH excluding ortho intramolecular Hbond substituents is 2. The lowest BCUT2D eigenvalue weighted by atomic mass is 10.1. The highest BCUT2D eigenvalue weighted by Crippen LogP contribution is 2.27. The molecule has 1 aromatic rings. The molecule has 1 rings (SSSR count). The first-order valence-corrected chi connectivity index (χ1v) is 3.62. The van der Waals surface area contributed by atoms with Crippen molar-refractivity contribution in [3.05, 3.63) is 23.3 Å². The van der Waals surface area contributed by atoms with Crippen LogP contribution in [0, 0.1) is 6.92 Å². The average molecular weight is 187 g/mol. The maximum Gasteiger partial charge on any atom is 0.256 e. The summed E-state index contributed by atoms with van der Waals surface area (Å²) in [6.07, 6.45) is 0. The Kier molecular flexibility index (Phi) is 2.24. The van der Waals surface area contributed by atoms with Crippen molar-refractivity contribution >= 4 is 16.8 Å². The molecule has 0 saturated heterocycles. The molecule has 4 heteroatoms. The van der Waals surface area contributed by atoms with Crippen LogP contribution in [0.15, 0.2) is 12.1 Å². The van der Waals surface area contributed by atoms with Gasteiger partial charge in [-0.15, -0.1) is 0 Å². The second-order valence-corrected chi connectivity index (χ2v) is 2.77. The Bertz CT molecular complexity index is 310. The van der Waals surface area contributed by atoms with Gasteiger partial charge in [-0.05, 0) is 30.2 Å². The van der Waals surface area contributed by atoms with Crippen molar-refractivity contribution in [1.29, 1.82) is 0 Å². The van der Waals surface area contributed by atoms with Gasteiger partial charge in [-0.1, -0.05) is 0 Å². The molecule has 0 fully saturated rings. The number of carbonyl (C=O) groups excluding carboxylic acids is 1. The van der Waals surface area contributed by atoms with E-state index in [1.54, 1.807) is 6.92 Å². The van der Waals surface area contributed by atoms with Crippen LogP contribution in [0.25, 0.3) is 0 Å². The van der Waals surface area contributed by atoms with Crippen molar-refractivity contribution in [2.24, 2.45) is 0 Å². The third-order valence-corrected chi connectivity index (χ3v) is 1.69. The van der Waals surface area contributed by atoms with E-state index in [2.05, 4.69) is 0 Å². The minimum atomic E-state index is -0.731. The average Bonchev–Trinajstić information content (AvgIpc) is 1.82. The number of halogens is 1. The predicted octanol–water partition coefficient (Wildman–Crippen LogP) is 1.79. The first kappa shape index (κ1) is 8.87. The van der Waals surface area contributed by atoms with E-state index in [9.17, 15) is 9.90 Å². The molecule has 0 radical (unpaired) electrons. The van der Waals surface area contributed by atoms with Crippen LogP contribution in [-0.2, 0) is 0 Å². The van der Waals surface area contributed by atoms with Crippen molar-refractivity contribution < 1.29 is 15.0 Å². The molecule has 0 unspecified atom stereocenters. The third-order valence-electron chi connectivity index (χ3n) is 1.50. The van der Waals surface area contributed by atoms with E-state index in [0.717, 1.165) is 6.07 Å². The maximum absolute atomic E-state index is 10.7. The molecular weight excluding hydrogens is 180 g/mol. The van der Waals surface area contributed by atoms with Gasteiger partial charge in [0.05, 0.1) is 5.56 Å². The van der Waals surface area contributed by atoms with Gasteiger partial charge >= 0.3 is 0 Å². The molecule has 12 heavy (non-hydrogen) atoms. The summed E-state index contributed by atoms with van der Waals surface area (Å²) in [7, 11) is 0. The van der Waals surface area contributed by atoms with Crippen molar-refractivity contribution in [2.75, 3.05) is 0 Å². The lowest BCUT2D eigenvalue weighted by molar-refractivity contribution is 0.107. The SMILES string of the molecule is Cc1cc(O)cc(O)c1C(=O)Cl. The molecule has 1 aromatic carbocycles. The largest absolute Gasteiger partial charge is 0.508 e. The zero-order valence-electron chi connectivity index (χ0n) is 6.34. The fraction of sp³-hybridized carbons (Fsp3) is 0.125. The summed E-state index contributed by atoms with van der Waals surface area (Å²) in [4.78, 5) is 10.7. The normalized spacial score (nSPS) is 9.83. The van der Waals surface area contributed by atoms with Crippen molar-refractivity contribution in [3.63, 3.8) is 0 Å². The minimum absolute atomic E-state index is 0.0365. The van der Waals surface area contributed by atoms with Gasteiger partial charge < -0.3 is 10.2 Å². The Morgan fingerprint density at radius 3 is 2.42 bits per heavy atom. The molecule has 0 atom stereocenters. The zero-order chi connectivity index (χ0) is 9.30. The summed E-state index contributed by atoms with van der Waals surface area (Å²) in [6.45, 7) is 1.58. The lowest BCUT2D eigenvalue weighted by Gasteiger charge is -2.03. The van der Waals surface area contributed by atoms with Crippen LogP contribution in [0.4, 0.5) is 0 Å². The van der Waals surface area contributed by atoms with Crippen LogP contribution in [0.5, 0.6) is 11.5 Å². The minimum Gasteiger partial charge on any atom is -0.508 e. The first-order chi connectivity index (χ1) is 5.52. The zero-order valence-corrected chi connectivity index (χ0v) is 7.09. The topological polar surface area (TPSA) is 57.5 Å². The second-order valence-electron chi connectivity index (χ2n) is 2.43. The van der Waals surface area contributed by atoms with Crippen LogP contribution >= 0.6 is 11.6 Å². The first-order valence-electron chi connectivity index (χ1n) is 3.25. The number of benzene rings is 1. The number of hydrogen-bond acceptors (Lipinski definition) is 3. The molecule has 0 bridgehead atoms. The van der Waals surface area contributed by atoms with Gasteiger partial charge in [0.15, 0.2) is 0 Å². The summed E-state index contributed by atoms with van der Waals surface area (Å²) in [5.41, 5.74) is 0.488. The summed E-state index contributed by atoms with van der Waals surface area (Å²) in [6, 6.07) is 2.43. The van der Waals surface area contributed by atoms with E-state index in [0.29, 0.717) is 5.56 Å². The lowest BCUT2D eigenvalue weighted by Crippen LogP contribution is -1.93. The highest BCUT2D eigenvalue weighted by Gasteiger charge is 2.12. The van der Waals surface area contributed by atoms with E-state index in [4.69, 9.17) is 16.7 Å². The van der Waals surface area contributed by atoms with Crippen molar-refractivity contribution in [3.8, 4) is 11.5 Å². The third kappa shape index (κ3) is 1.51. The smallest absolute Gasteiger partial charge is 0.256 e. The van der Waals surface area contributed by atoms with E-state index >= 15 is 0 Å². The van der Waals surface area contributed by atoms with Crippen LogP contribution in [0.3, 0.4) is 0 Å². The Balaban J connectivity index is 3.38. The van der Waals surface area contributed by atoms with Gasteiger partial charge in [0.1, 0.15) is 11.5 Å². The van der Waals surface area contributed by atoms with Gasteiger partial charge in [-0.3, -0.25) is 4.79 Å². The van der Waals surface area contributed by atoms with Crippen LogP contribution in [0.1, 0.15) is 15.9 Å². The standard InChI is InChI=1S/C8H7ClO3/c1-4-2-5(10)3-6(11)7(4)8(9)12/h2-3,10-11H,1H3. The molecule has 0 aliphatic carbocycles. The van der Waals surface area contributed by atoms with Crippen LogP contribution < -0.4 is 0 Å². The number of carbonyl (C=O) groups is 1. The molecule has 0 aliphatic rings. The molecule has 0 aromatic heterocycles. The summed E-state index contributed by atoms with van der Waals surface area (Å²) < 4.78 is 0. The Labute approximate surface area is 74.2 Å². The van der Waals surface area contributed by atoms with Crippen LogP contribution in [-0.4, -0.2) is 15.5 Å². The van der Waals surface area contributed by atoms with Crippen molar-refractivity contribution in [2.45, 2.75) is 6.92 Å². The molecule has 64 valence electrons. The molecule has 0 amide bonds. The maximum atomic E-state index is 10.7. The Hall–Kier alpha value is -1.22. The Morgan fingerprint density at radius 1 is 1.42 bits per heavy atom. The quantitative estimate of drug-likeness (QED) is 0.658. The molecule has 3 nitrogen and oxygen atoms in total. The Morgan fingerprint density at radius 2 is 2.00 bits per heavy atom. The fourth-order valence-electron chi connectivity index (χ4n) is 1.01. The molecule has 0 spiro atoms.